The van der Waals surface area contributed by atoms with Crippen molar-refractivity contribution in [2.75, 3.05) is 5.73 Å². The van der Waals surface area contributed by atoms with Crippen LogP contribution in [0.25, 0.3) is 16.9 Å². The SMILES string of the molecule is Cc1nc(N)n(-c2ccc(CN)cc2)c1-c1ccccc1. The number of benzene rings is 2. The molecular formula is C17H18N4. The number of aryl methyl sites for hydroxylation is 1. The summed E-state index contributed by atoms with van der Waals surface area (Å²) in [4.78, 5) is 4.42. The maximum Gasteiger partial charge on any atom is 0.205 e. The maximum atomic E-state index is 6.11. The Morgan fingerprint density at radius 3 is 2.29 bits per heavy atom. The van der Waals surface area contributed by atoms with Gasteiger partial charge in [-0.05, 0) is 24.6 Å². The lowest BCUT2D eigenvalue weighted by Crippen LogP contribution is -2.03. The van der Waals surface area contributed by atoms with E-state index in [1.54, 1.807) is 0 Å². The summed E-state index contributed by atoms with van der Waals surface area (Å²) in [5.41, 5.74) is 16.9. The first-order chi connectivity index (χ1) is 10.2. The molecule has 0 atom stereocenters. The smallest absolute Gasteiger partial charge is 0.205 e. The van der Waals surface area contributed by atoms with E-state index in [4.69, 9.17) is 11.5 Å². The van der Waals surface area contributed by atoms with Crippen LogP contribution in [0.5, 0.6) is 0 Å². The maximum absolute atomic E-state index is 6.11. The number of imidazole rings is 1. The Labute approximate surface area is 124 Å². The van der Waals surface area contributed by atoms with E-state index < -0.39 is 0 Å². The number of nitrogen functional groups attached to an aromatic ring is 1. The fraction of sp³-hybridized carbons (Fsp3) is 0.118. The summed E-state index contributed by atoms with van der Waals surface area (Å²) in [6, 6.07) is 18.2. The van der Waals surface area contributed by atoms with Gasteiger partial charge < -0.3 is 11.5 Å². The van der Waals surface area contributed by atoms with Crippen molar-refractivity contribution in [3.05, 3.63) is 65.9 Å². The molecule has 0 fully saturated rings. The van der Waals surface area contributed by atoms with E-state index in [9.17, 15) is 0 Å². The zero-order valence-corrected chi connectivity index (χ0v) is 12.0. The second kappa shape index (κ2) is 5.42. The van der Waals surface area contributed by atoms with E-state index in [1.807, 2.05) is 54.0 Å². The van der Waals surface area contributed by atoms with Gasteiger partial charge in [0.2, 0.25) is 5.95 Å². The van der Waals surface area contributed by atoms with Crippen LogP contribution in [0.1, 0.15) is 11.3 Å². The third kappa shape index (κ3) is 2.41. The van der Waals surface area contributed by atoms with Gasteiger partial charge in [-0.25, -0.2) is 4.98 Å². The first kappa shape index (κ1) is 13.4. The van der Waals surface area contributed by atoms with Crippen molar-refractivity contribution in [2.45, 2.75) is 13.5 Å². The standard InChI is InChI=1S/C17H18N4/c1-12-16(14-5-3-2-4-6-14)21(17(19)20-12)15-9-7-13(11-18)8-10-15/h2-10H,11,18H2,1H3,(H2,19,20). The first-order valence-corrected chi connectivity index (χ1v) is 6.90. The van der Waals surface area contributed by atoms with E-state index in [1.165, 1.54) is 0 Å². The normalized spacial score (nSPS) is 10.8. The molecule has 2 aromatic carbocycles. The molecule has 4 N–H and O–H groups in total. The number of anilines is 1. The van der Waals surface area contributed by atoms with E-state index in [0.717, 1.165) is 28.2 Å². The number of hydrogen-bond acceptors (Lipinski definition) is 3. The van der Waals surface area contributed by atoms with Crippen molar-refractivity contribution < 1.29 is 0 Å². The molecule has 0 aliphatic rings. The number of rotatable bonds is 3. The molecule has 1 heterocycles. The zero-order chi connectivity index (χ0) is 14.8. The molecule has 0 radical (unpaired) electrons. The number of aromatic nitrogens is 2. The highest BCUT2D eigenvalue weighted by Crippen LogP contribution is 2.29. The number of hydrogen-bond donors (Lipinski definition) is 2. The Balaban J connectivity index is 2.18. The van der Waals surface area contributed by atoms with E-state index in [2.05, 4.69) is 17.1 Å². The topological polar surface area (TPSA) is 69.9 Å². The molecule has 0 amide bonds. The average molecular weight is 278 g/mol. The Hall–Kier alpha value is -2.59. The molecular weight excluding hydrogens is 260 g/mol. The van der Waals surface area contributed by atoms with Crippen LogP contribution in [0.3, 0.4) is 0 Å². The molecule has 1 aromatic heterocycles. The van der Waals surface area contributed by atoms with Gasteiger partial charge >= 0.3 is 0 Å². The van der Waals surface area contributed by atoms with Gasteiger partial charge in [0.1, 0.15) is 0 Å². The van der Waals surface area contributed by atoms with Crippen LogP contribution in [0.15, 0.2) is 54.6 Å². The summed E-state index contributed by atoms with van der Waals surface area (Å²) in [7, 11) is 0. The van der Waals surface area contributed by atoms with Crippen LogP contribution in [-0.2, 0) is 6.54 Å². The van der Waals surface area contributed by atoms with Crippen LogP contribution in [-0.4, -0.2) is 9.55 Å². The second-order valence-corrected chi connectivity index (χ2v) is 4.98. The fourth-order valence-electron chi connectivity index (χ4n) is 2.53. The average Bonchev–Trinajstić information content (AvgIpc) is 2.82. The van der Waals surface area contributed by atoms with Gasteiger partial charge in [-0.1, -0.05) is 42.5 Å². The molecule has 0 spiro atoms. The van der Waals surface area contributed by atoms with Gasteiger partial charge in [0.05, 0.1) is 11.4 Å². The van der Waals surface area contributed by atoms with Gasteiger partial charge in [0, 0.05) is 17.8 Å². The molecule has 106 valence electrons. The third-order valence-electron chi connectivity index (χ3n) is 3.56. The molecule has 0 unspecified atom stereocenters. The zero-order valence-electron chi connectivity index (χ0n) is 12.0. The predicted octanol–water partition coefficient (Wildman–Crippen LogP) is 2.89. The molecule has 0 saturated carbocycles. The fourth-order valence-corrected chi connectivity index (χ4v) is 2.53. The van der Waals surface area contributed by atoms with E-state index >= 15 is 0 Å². The van der Waals surface area contributed by atoms with Gasteiger partial charge in [-0.2, -0.15) is 0 Å². The van der Waals surface area contributed by atoms with Crippen molar-refractivity contribution in [1.82, 2.24) is 9.55 Å². The predicted molar refractivity (Wildman–Crippen MR) is 86.0 cm³/mol. The van der Waals surface area contributed by atoms with Crippen molar-refractivity contribution in [1.29, 1.82) is 0 Å². The van der Waals surface area contributed by atoms with Crippen molar-refractivity contribution >= 4 is 5.95 Å². The Morgan fingerprint density at radius 1 is 1.00 bits per heavy atom. The second-order valence-electron chi connectivity index (χ2n) is 4.98. The summed E-state index contributed by atoms with van der Waals surface area (Å²) in [5, 5.41) is 0. The minimum absolute atomic E-state index is 0.492. The summed E-state index contributed by atoms with van der Waals surface area (Å²) in [5.74, 6) is 0.492. The van der Waals surface area contributed by atoms with E-state index in [-0.39, 0.29) is 0 Å². The molecule has 3 aromatic rings. The highest BCUT2D eigenvalue weighted by Gasteiger charge is 2.15. The Kier molecular flexibility index (Phi) is 3.46. The minimum Gasteiger partial charge on any atom is -0.369 e. The Bertz CT molecular complexity index is 742. The molecule has 4 nitrogen and oxygen atoms in total. The lowest BCUT2D eigenvalue weighted by Gasteiger charge is -2.11. The van der Waals surface area contributed by atoms with Crippen LogP contribution in [0.4, 0.5) is 5.95 Å². The molecule has 3 rings (SSSR count). The van der Waals surface area contributed by atoms with Crippen molar-refractivity contribution in [2.24, 2.45) is 5.73 Å². The molecule has 21 heavy (non-hydrogen) atoms. The molecule has 4 heteroatoms. The molecule has 0 aliphatic heterocycles. The Morgan fingerprint density at radius 2 is 1.67 bits per heavy atom. The van der Waals surface area contributed by atoms with Crippen LogP contribution < -0.4 is 11.5 Å². The summed E-state index contributed by atoms with van der Waals surface area (Å²) < 4.78 is 1.98. The lowest BCUT2D eigenvalue weighted by molar-refractivity contribution is 1.05. The summed E-state index contributed by atoms with van der Waals surface area (Å²) in [6.45, 7) is 2.51. The minimum atomic E-state index is 0.492. The quantitative estimate of drug-likeness (QED) is 0.774. The monoisotopic (exact) mass is 278 g/mol. The van der Waals surface area contributed by atoms with Gasteiger partial charge in [0.25, 0.3) is 0 Å². The van der Waals surface area contributed by atoms with Crippen LogP contribution >= 0.6 is 0 Å². The highest BCUT2D eigenvalue weighted by molar-refractivity contribution is 5.68. The van der Waals surface area contributed by atoms with Gasteiger partial charge in [-0.15, -0.1) is 0 Å². The van der Waals surface area contributed by atoms with E-state index in [0.29, 0.717) is 12.5 Å². The van der Waals surface area contributed by atoms with Gasteiger partial charge in [-0.3, -0.25) is 4.57 Å². The first-order valence-electron chi connectivity index (χ1n) is 6.90. The molecule has 0 saturated heterocycles. The summed E-state index contributed by atoms with van der Waals surface area (Å²) >= 11 is 0. The van der Waals surface area contributed by atoms with Crippen LogP contribution in [0.2, 0.25) is 0 Å². The highest BCUT2D eigenvalue weighted by atomic mass is 15.2. The molecule has 0 bridgehead atoms. The largest absolute Gasteiger partial charge is 0.369 e. The summed E-state index contributed by atoms with van der Waals surface area (Å²) in [6.07, 6.45) is 0. The van der Waals surface area contributed by atoms with Crippen molar-refractivity contribution in [3.63, 3.8) is 0 Å². The lowest BCUT2D eigenvalue weighted by atomic mass is 10.1. The number of nitrogens with two attached hydrogens (primary N) is 2. The molecule has 0 aliphatic carbocycles. The number of nitrogens with zero attached hydrogens (tertiary/aromatic N) is 2. The van der Waals surface area contributed by atoms with Gasteiger partial charge in [0.15, 0.2) is 0 Å². The third-order valence-corrected chi connectivity index (χ3v) is 3.56. The van der Waals surface area contributed by atoms with Crippen LogP contribution in [0, 0.1) is 6.92 Å². The van der Waals surface area contributed by atoms with Crippen molar-refractivity contribution in [3.8, 4) is 16.9 Å².